The lowest BCUT2D eigenvalue weighted by Gasteiger charge is -2.18. The van der Waals surface area contributed by atoms with Gasteiger partial charge in [0, 0.05) is 0 Å². The number of phosphoric acid groups is 1. The fourth-order valence-electron chi connectivity index (χ4n) is 0.814. The van der Waals surface area contributed by atoms with Crippen molar-refractivity contribution in [1.82, 2.24) is 0 Å². The molecule has 1 atom stereocenters. The van der Waals surface area contributed by atoms with Crippen LogP contribution in [-0.2, 0) is 18.1 Å². The summed E-state index contributed by atoms with van der Waals surface area (Å²) in [6.07, 6.45) is 1.15. The molecule has 0 aromatic heterocycles. The van der Waals surface area contributed by atoms with Crippen LogP contribution < -0.4 is 0 Å². The molecule has 0 aromatic carbocycles. The van der Waals surface area contributed by atoms with Crippen LogP contribution in [0.15, 0.2) is 18.4 Å². The zero-order valence-corrected chi connectivity index (χ0v) is 9.75. The van der Waals surface area contributed by atoms with Crippen molar-refractivity contribution in [3.05, 3.63) is 18.4 Å². The first-order valence-corrected chi connectivity index (χ1v) is 5.97. The Kier molecular flexibility index (Phi) is 6.81. The highest BCUT2D eigenvalue weighted by molar-refractivity contribution is 7.48. The predicted octanol–water partition coefficient (Wildman–Crippen LogP) is 2.91. The van der Waals surface area contributed by atoms with E-state index < -0.39 is 13.9 Å². The molecule has 0 saturated carbocycles. The van der Waals surface area contributed by atoms with Crippen LogP contribution in [0, 0.1) is 0 Å². The molecule has 4 nitrogen and oxygen atoms in total. The maximum Gasteiger partial charge on any atom is 0.475 e. The Bertz CT molecular complexity index is 235. The van der Waals surface area contributed by atoms with E-state index in [-0.39, 0.29) is 13.2 Å². The Hall–Kier alpha value is -0.370. The molecule has 0 aliphatic heterocycles. The van der Waals surface area contributed by atoms with Crippen molar-refractivity contribution < 1.29 is 18.1 Å². The van der Waals surface area contributed by atoms with Crippen LogP contribution in [-0.4, -0.2) is 19.3 Å². The summed E-state index contributed by atoms with van der Waals surface area (Å²) >= 11 is 0. The molecule has 0 radical (unpaired) electrons. The molecular weight excluding hydrogens is 203 g/mol. The molecule has 0 fully saturated rings. The molecule has 14 heavy (non-hydrogen) atoms. The molecule has 0 aliphatic carbocycles. The fourth-order valence-corrected chi connectivity index (χ4v) is 2.11. The first-order valence-electron chi connectivity index (χ1n) is 4.51. The lowest BCUT2D eigenvalue weighted by molar-refractivity contribution is 0.106. The number of phosphoric ester groups is 1. The summed E-state index contributed by atoms with van der Waals surface area (Å²) in [6.45, 7) is 9.11. The second-order valence-electron chi connectivity index (χ2n) is 2.46. The molecule has 0 N–H and O–H groups in total. The second kappa shape index (κ2) is 6.99. The minimum Gasteiger partial charge on any atom is -0.287 e. The predicted molar refractivity (Wildman–Crippen MR) is 55.1 cm³/mol. The number of hydrogen-bond acceptors (Lipinski definition) is 4. The summed E-state index contributed by atoms with van der Waals surface area (Å²) in [7, 11) is -3.40. The standard InChI is InChI=1S/C9H17O4P/c1-5-8-9(4)13-14(10,11-6-2)12-7-3/h8-9H,1,6-7H2,2-4H3. The summed E-state index contributed by atoms with van der Waals surface area (Å²) in [4.78, 5) is 0. The van der Waals surface area contributed by atoms with Crippen molar-refractivity contribution >= 4 is 7.82 Å². The van der Waals surface area contributed by atoms with Crippen molar-refractivity contribution in [2.75, 3.05) is 13.2 Å². The monoisotopic (exact) mass is 220 g/mol. The van der Waals surface area contributed by atoms with Gasteiger partial charge >= 0.3 is 7.82 Å². The van der Waals surface area contributed by atoms with E-state index in [2.05, 4.69) is 12.3 Å². The molecule has 0 rings (SSSR count). The Morgan fingerprint density at radius 1 is 1.43 bits per heavy atom. The van der Waals surface area contributed by atoms with Gasteiger partial charge in [0.2, 0.25) is 0 Å². The minimum absolute atomic E-state index is 0.280. The van der Waals surface area contributed by atoms with E-state index in [1.165, 1.54) is 0 Å². The second-order valence-corrected chi connectivity index (χ2v) is 4.09. The number of hydrogen-bond donors (Lipinski definition) is 0. The molecule has 0 heterocycles. The maximum atomic E-state index is 11.8. The maximum absolute atomic E-state index is 11.8. The highest BCUT2D eigenvalue weighted by Gasteiger charge is 2.27. The van der Waals surface area contributed by atoms with Crippen molar-refractivity contribution in [1.29, 1.82) is 0 Å². The van der Waals surface area contributed by atoms with Gasteiger partial charge in [0.1, 0.15) is 0 Å². The van der Waals surface area contributed by atoms with E-state index in [9.17, 15) is 4.57 Å². The molecule has 0 bridgehead atoms. The van der Waals surface area contributed by atoms with Crippen molar-refractivity contribution in [2.24, 2.45) is 0 Å². The van der Waals surface area contributed by atoms with E-state index in [1.54, 1.807) is 26.8 Å². The lowest BCUT2D eigenvalue weighted by atomic mass is 10.4. The normalized spacial score (nSPS) is 13.4. The van der Waals surface area contributed by atoms with Gasteiger partial charge in [-0.2, -0.15) is 0 Å². The van der Waals surface area contributed by atoms with E-state index >= 15 is 0 Å². The lowest BCUT2D eigenvalue weighted by Crippen LogP contribution is -2.07. The molecule has 0 amide bonds. The Labute approximate surface area is 85.2 Å². The van der Waals surface area contributed by atoms with E-state index in [4.69, 9.17) is 13.6 Å². The summed E-state index contributed by atoms with van der Waals surface area (Å²) < 4.78 is 26.7. The zero-order chi connectivity index (χ0) is 11.0. The third kappa shape index (κ3) is 5.38. The van der Waals surface area contributed by atoms with Crippen LogP contribution in [0.25, 0.3) is 0 Å². The SMILES string of the molecule is C=C=CC(C)OP(=O)(OCC)OCC. The van der Waals surface area contributed by atoms with Crippen molar-refractivity contribution in [3.8, 4) is 0 Å². The van der Waals surface area contributed by atoms with E-state index in [0.29, 0.717) is 0 Å². The summed E-state index contributed by atoms with van der Waals surface area (Å²) in [5.41, 5.74) is 2.54. The summed E-state index contributed by atoms with van der Waals surface area (Å²) in [6, 6.07) is 0. The van der Waals surface area contributed by atoms with Crippen molar-refractivity contribution in [3.63, 3.8) is 0 Å². The van der Waals surface area contributed by atoms with Gasteiger partial charge < -0.3 is 0 Å². The zero-order valence-electron chi connectivity index (χ0n) is 8.86. The van der Waals surface area contributed by atoms with E-state index in [1.807, 2.05) is 0 Å². The molecular formula is C9H17O4P. The number of rotatable bonds is 7. The van der Waals surface area contributed by atoms with Gasteiger partial charge in [-0.25, -0.2) is 4.57 Å². The van der Waals surface area contributed by atoms with Crippen LogP contribution in [0.2, 0.25) is 0 Å². The van der Waals surface area contributed by atoms with Gasteiger partial charge in [-0.3, -0.25) is 13.6 Å². The largest absolute Gasteiger partial charge is 0.475 e. The molecule has 0 saturated heterocycles. The molecule has 1 unspecified atom stereocenters. The van der Waals surface area contributed by atoms with Crippen LogP contribution in [0.4, 0.5) is 0 Å². The highest BCUT2D eigenvalue weighted by Crippen LogP contribution is 2.50. The Balaban J connectivity index is 4.34. The van der Waals surface area contributed by atoms with Gasteiger partial charge in [-0.15, -0.1) is 5.73 Å². The fraction of sp³-hybridized carbons (Fsp3) is 0.667. The molecule has 5 heteroatoms. The first kappa shape index (κ1) is 13.6. The van der Waals surface area contributed by atoms with Crippen LogP contribution in [0.5, 0.6) is 0 Å². The highest BCUT2D eigenvalue weighted by atomic mass is 31.2. The molecule has 0 aliphatic rings. The Morgan fingerprint density at radius 3 is 2.29 bits per heavy atom. The molecule has 0 spiro atoms. The van der Waals surface area contributed by atoms with Crippen LogP contribution in [0.3, 0.4) is 0 Å². The van der Waals surface area contributed by atoms with Crippen LogP contribution in [0.1, 0.15) is 20.8 Å². The van der Waals surface area contributed by atoms with Gasteiger partial charge in [0.25, 0.3) is 0 Å². The summed E-state index contributed by atoms with van der Waals surface area (Å²) in [5.74, 6) is 0. The van der Waals surface area contributed by atoms with Crippen LogP contribution >= 0.6 is 7.82 Å². The quantitative estimate of drug-likeness (QED) is 0.488. The van der Waals surface area contributed by atoms with Gasteiger partial charge in [-0.05, 0) is 26.8 Å². The topological polar surface area (TPSA) is 44.8 Å². The van der Waals surface area contributed by atoms with Gasteiger partial charge in [-0.1, -0.05) is 6.58 Å². The third-order valence-corrected chi connectivity index (χ3v) is 2.96. The Morgan fingerprint density at radius 2 is 1.93 bits per heavy atom. The summed E-state index contributed by atoms with van der Waals surface area (Å²) in [5, 5.41) is 0. The minimum atomic E-state index is -3.40. The first-order chi connectivity index (χ1) is 6.58. The average Bonchev–Trinajstić information content (AvgIpc) is 2.04. The van der Waals surface area contributed by atoms with Gasteiger partial charge in [0.15, 0.2) is 0 Å². The third-order valence-electron chi connectivity index (χ3n) is 1.22. The molecule has 82 valence electrons. The smallest absolute Gasteiger partial charge is 0.287 e. The molecule has 0 aromatic rings. The average molecular weight is 220 g/mol. The van der Waals surface area contributed by atoms with Gasteiger partial charge in [0.05, 0.1) is 19.3 Å². The van der Waals surface area contributed by atoms with Crippen molar-refractivity contribution in [2.45, 2.75) is 26.9 Å². The van der Waals surface area contributed by atoms with E-state index in [0.717, 1.165) is 0 Å².